The van der Waals surface area contributed by atoms with Crippen molar-refractivity contribution in [2.24, 2.45) is 5.73 Å². The Morgan fingerprint density at radius 1 is 1.48 bits per heavy atom. The zero-order valence-electron chi connectivity index (χ0n) is 12.1. The van der Waals surface area contributed by atoms with Gasteiger partial charge in [0.1, 0.15) is 0 Å². The third kappa shape index (κ3) is 3.41. The number of nitro benzene ring substituents is 1. The first-order valence-corrected chi connectivity index (χ1v) is 6.38. The monoisotopic (exact) mass is 291 g/mol. The number of benzene rings is 1. The van der Waals surface area contributed by atoms with Crippen LogP contribution in [0.4, 0.5) is 5.69 Å². The van der Waals surface area contributed by atoms with E-state index in [0.717, 1.165) is 0 Å². The Bertz CT molecular complexity index is 653. The second-order valence-electron chi connectivity index (χ2n) is 5.08. The van der Waals surface area contributed by atoms with Gasteiger partial charge in [-0.05, 0) is 33.2 Å². The van der Waals surface area contributed by atoms with Crippen molar-refractivity contribution in [2.45, 2.75) is 13.0 Å². The summed E-state index contributed by atoms with van der Waals surface area (Å²) in [5.74, 6) is 0.715. The smallest absolute Gasteiger partial charge is 0.272 e. The van der Waals surface area contributed by atoms with E-state index in [1.807, 2.05) is 19.0 Å². The van der Waals surface area contributed by atoms with Crippen LogP contribution in [0, 0.1) is 17.0 Å². The molecule has 1 heterocycles. The van der Waals surface area contributed by atoms with Gasteiger partial charge in [0.2, 0.25) is 0 Å². The molecule has 1 unspecified atom stereocenters. The van der Waals surface area contributed by atoms with Crippen molar-refractivity contribution in [1.82, 2.24) is 15.0 Å². The summed E-state index contributed by atoms with van der Waals surface area (Å²) in [5.41, 5.74) is 7.19. The van der Waals surface area contributed by atoms with E-state index in [-0.39, 0.29) is 11.7 Å². The van der Waals surface area contributed by atoms with E-state index in [0.29, 0.717) is 29.4 Å². The molecule has 0 radical (unpaired) electrons. The summed E-state index contributed by atoms with van der Waals surface area (Å²) in [6, 6.07) is 4.30. The molecule has 0 bridgehead atoms. The van der Waals surface area contributed by atoms with Crippen molar-refractivity contribution in [1.29, 1.82) is 0 Å². The molecule has 1 aromatic carbocycles. The van der Waals surface area contributed by atoms with Crippen LogP contribution in [-0.4, -0.2) is 40.6 Å². The number of rotatable bonds is 5. The fourth-order valence-electron chi connectivity index (χ4n) is 1.97. The number of hydrogen-bond acceptors (Lipinski definition) is 7. The Morgan fingerprint density at radius 3 is 2.76 bits per heavy atom. The molecule has 0 saturated carbocycles. The first kappa shape index (κ1) is 15.1. The molecule has 0 saturated heterocycles. The Balaban J connectivity index is 2.25. The second kappa shape index (κ2) is 5.98. The maximum Gasteiger partial charge on any atom is 0.272 e. The average molecular weight is 291 g/mol. The average Bonchev–Trinajstić information content (AvgIpc) is 2.86. The van der Waals surface area contributed by atoms with Crippen molar-refractivity contribution in [3.8, 4) is 11.5 Å². The predicted molar refractivity (Wildman–Crippen MR) is 76.6 cm³/mol. The molecule has 21 heavy (non-hydrogen) atoms. The van der Waals surface area contributed by atoms with Crippen LogP contribution in [0.3, 0.4) is 0 Å². The van der Waals surface area contributed by atoms with E-state index in [1.165, 1.54) is 6.07 Å². The normalized spacial score (nSPS) is 12.6. The highest BCUT2D eigenvalue weighted by Crippen LogP contribution is 2.25. The van der Waals surface area contributed by atoms with Gasteiger partial charge in [0.15, 0.2) is 5.82 Å². The van der Waals surface area contributed by atoms with Gasteiger partial charge >= 0.3 is 0 Å². The lowest BCUT2D eigenvalue weighted by molar-refractivity contribution is -0.385. The third-order valence-electron chi connectivity index (χ3n) is 2.98. The molecule has 1 aromatic heterocycles. The van der Waals surface area contributed by atoms with Gasteiger partial charge in [-0.1, -0.05) is 5.16 Å². The first-order chi connectivity index (χ1) is 9.88. The molecular formula is C13H17N5O3. The number of nitrogens with zero attached hydrogens (tertiary/aromatic N) is 4. The van der Waals surface area contributed by atoms with Gasteiger partial charge in [-0.3, -0.25) is 10.1 Å². The minimum absolute atomic E-state index is 0.0581. The van der Waals surface area contributed by atoms with Crippen molar-refractivity contribution in [3.05, 3.63) is 39.7 Å². The number of aromatic nitrogens is 2. The molecule has 2 rings (SSSR count). The van der Waals surface area contributed by atoms with E-state index in [4.69, 9.17) is 10.3 Å². The zero-order valence-corrected chi connectivity index (χ0v) is 12.1. The van der Waals surface area contributed by atoms with E-state index in [1.54, 1.807) is 19.1 Å². The third-order valence-corrected chi connectivity index (χ3v) is 2.98. The molecule has 0 aliphatic heterocycles. The van der Waals surface area contributed by atoms with Gasteiger partial charge in [-0.15, -0.1) is 0 Å². The lowest BCUT2D eigenvalue weighted by atomic mass is 10.1. The summed E-state index contributed by atoms with van der Waals surface area (Å²) in [6.07, 6.45) is 0. The highest BCUT2D eigenvalue weighted by Gasteiger charge is 2.18. The van der Waals surface area contributed by atoms with Crippen LogP contribution in [0.5, 0.6) is 0 Å². The molecule has 2 N–H and O–H groups in total. The standard InChI is InChI=1S/C13H17N5O3/c1-8-6-9(4-5-11(8)18(19)20)13-15-12(16-21-13)10(14)7-17(2)3/h4-6,10H,7,14H2,1-3H3. The fourth-order valence-corrected chi connectivity index (χ4v) is 1.97. The summed E-state index contributed by atoms with van der Waals surface area (Å²) in [7, 11) is 3.81. The molecule has 1 atom stereocenters. The quantitative estimate of drug-likeness (QED) is 0.656. The van der Waals surface area contributed by atoms with Crippen molar-refractivity contribution < 1.29 is 9.45 Å². The summed E-state index contributed by atoms with van der Waals surface area (Å²) in [4.78, 5) is 16.6. The SMILES string of the molecule is Cc1cc(-c2nc(C(N)CN(C)C)no2)ccc1[N+](=O)[O-]. The van der Waals surface area contributed by atoms with Crippen LogP contribution >= 0.6 is 0 Å². The number of aryl methyl sites for hydroxylation is 1. The van der Waals surface area contributed by atoms with E-state index < -0.39 is 4.92 Å². The fraction of sp³-hybridized carbons (Fsp3) is 0.385. The molecule has 0 fully saturated rings. The molecule has 0 aliphatic carbocycles. The highest BCUT2D eigenvalue weighted by atomic mass is 16.6. The van der Waals surface area contributed by atoms with Gasteiger partial charge in [-0.25, -0.2) is 0 Å². The van der Waals surface area contributed by atoms with Crippen molar-refractivity contribution in [3.63, 3.8) is 0 Å². The largest absolute Gasteiger partial charge is 0.334 e. The van der Waals surface area contributed by atoms with Gasteiger partial charge in [-0.2, -0.15) is 4.98 Å². The Labute approximate surface area is 121 Å². The van der Waals surface area contributed by atoms with Crippen LogP contribution in [0.15, 0.2) is 22.7 Å². The predicted octanol–water partition coefficient (Wildman–Crippen LogP) is 1.51. The lowest BCUT2D eigenvalue weighted by Gasteiger charge is -2.12. The maximum atomic E-state index is 10.8. The van der Waals surface area contributed by atoms with Gasteiger partial charge in [0.25, 0.3) is 11.6 Å². The first-order valence-electron chi connectivity index (χ1n) is 6.38. The van der Waals surface area contributed by atoms with Gasteiger partial charge in [0.05, 0.1) is 11.0 Å². The van der Waals surface area contributed by atoms with Crippen LogP contribution in [0.2, 0.25) is 0 Å². The van der Waals surface area contributed by atoms with Crippen LogP contribution in [0.1, 0.15) is 17.4 Å². The molecule has 0 aliphatic rings. The molecule has 0 spiro atoms. The minimum atomic E-state index is -0.425. The van der Waals surface area contributed by atoms with E-state index in [2.05, 4.69) is 10.1 Å². The summed E-state index contributed by atoms with van der Waals surface area (Å²) < 4.78 is 5.18. The second-order valence-corrected chi connectivity index (χ2v) is 5.08. The minimum Gasteiger partial charge on any atom is -0.334 e. The van der Waals surface area contributed by atoms with E-state index in [9.17, 15) is 10.1 Å². The number of hydrogen-bond donors (Lipinski definition) is 1. The Kier molecular flexibility index (Phi) is 4.29. The molecule has 8 nitrogen and oxygen atoms in total. The summed E-state index contributed by atoms with van der Waals surface area (Å²) in [6.45, 7) is 2.26. The lowest BCUT2D eigenvalue weighted by Crippen LogP contribution is -2.26. The Morgan fingerprint density at radius 2 is 2.19 bits per heavy atom. The van der Waals surface area contributed by atoms with Gasteiger partial charge in [0, 0.05) is 23.7 Å². The molecule has 2 aromatic rings. The van der Waals surface area contributed by atoms with Crippen LogP contribution in [-0.2, 0) is 0 Å². The number of likely N-dealkylation sites (N-methyl/N-ethyl adjacent to an activating group) is 1. The van der Waals surface area contributed by atoms with Gasteiger partial charge < -0.3 is 15.2 Å². The van der Waals surface area contributed by atoms with Crippen LogP contribution in [0.25, 0.3) is 11.5 Å². The van der Waals surface area contributed by atoms with Crippen molar-refractivity contribution in [2.75, 3.05) is 20.6 Å². The zero-order chi connectivity index (χ0) is 15.6. The molecule has 0 amide bonds. The highest BCUT2D eigenvalue weighted by molar-refractivity contribution is 5.58. The topological polar surface area (TPSA) is 111 Å². The number of nitrogens with two attached hydrogens (primary N) is 1. The van der Waals surface area contributed by atoms with Crippen molar-refractivity contribution >= 4 is 5.69 Å². The summed E-state index contributed by atoms with van der Waals surface area (Å²) in [5, 5.41) is 14.7. The van der Waals surface area contributed by atoms with E-state index >= 15 is 0 Å². The molecule has 8 heteroatoms. The molecular weight excluding hydrogens is 274 g/mol. The Hall–Kier alpha value is -2.32. The summed E-state index contributed by atoms with van der Waals surface area (Å²) >= 11 is 0. The number of nitro groups is 1. The molecule has 112 valence electrons. The maximum absolute atomic E-state index is 10.8. The van der Waals surface area contributed by atoms with Crippen LogP contribution < -0.4 is 5.73 Å².